The summed E-state index contributed by atoms with van der Waals surface area (Å²) in [5, 5.41) is 9.57. The van der Waals surface area contributed by atoms with Crippen LogP contribution in [0.4, 0.5) is 0 Å². The number of rotatable bonds is 7. The van der Waals surface area contributed by atoms with E-state index < -0.39 is 5.92 Å². The van der Waals surface area contributed by atoms with E-state index in [0.717, 1.165) is 6.42 Å². The molecule has 1 rings (SSSR count). The Labute approximate surface area is 145 Å². The molecule has 0 aliphatic carbocycles. The van der Waals surface area contributed by atoms with E-state index in [9.17, 15) is 10.1 Å². The maximum Gasteiger partial charge on any atom is 0.313 e. The van der Waals surface area contributed by atoms with Crippen molar-refractivity contribution < 1.29 is 19.0 Å². The number of ether oxygens (including phenoxy) is 3. The lowest BCUT2D eigenvalue weighted by atomic mass is 9.90. The minimum absolute atomic E-state index is 0.212. The predicted molar refractivity (Wildman–Crippen MR) is 90.8 cm³/mol. The number of esters is 1. The maximum atomic E-state index is 12.5. The number of methoxy groups -OCH3 is 2. The van der Waals surface area contributed by atoms with Crippen molar-refractivity contribution in [2.75, 3.05) is 14.2 Å². The SMILES string of the molecule is CCCC(C(=O)OC(C)C)c1cc(Br)c(OC)c(OC)c1C#N. The molecule has 0 heterocycles. The van der Waals surface area contributed by atoms with Gasteiger partial charge in [-0.05, 0) is 47.8 Å². The van der Waals surface area contributed by atoms with Crippen molar-refractivity contribution in [1.29, 1.82) is 5.26 Å². The first-order valence-electron chi connectivity index (χ1n) is 7.46. The molecular weight excluding hydrogens is 362 g/mol. The van der Waals surface area contributed by atoms with Gasteiger partial charge in [-0.15, -0.1) is 0 Å². The fourth-order valence-electron chi connectivity index (χ4n) is 2.41. The number of carbonyl (C=O) groups excluding carboxylic acids is 1. The lowest BCUT2D eigenvalue weighted by Gasteiger charge is -2.21. The molecule has 0 fully saturated rings. The van der Waals surface area contributed by atoms with Crippen molar-refractivity contribution >= 4 is 21.9 Å². The predicted octanol–water partition coefficient (Wildman–Crippen LogP) is 4.17. The van der Waals surface area contributed by atoms with Crippen molar-refractivity contribution in [3.05, 3.63) is 21.7 Å². The lowest BCUT2D eigenvalue weighted by Crippen LogP contribution is -2.21. The van der Waals surface area contributed by atoms with Crippen molar-refractivity contribution in [3.8, 4) is 17.6 Å². The van der Waals surface area contributed by atoms with Gasteiger partial charge in [0.05, 0.1) is 30.7 Å². The Morgan fingerprint density at radius 2 is 1.91 bits per heavy atom. The van der Waals surface area contributed by atoms with Gasteiger partial charge < -0.3 is 14.2 Å². The van der Waals surface area contributed by atoms with Crippen LogP contribution in [0.2, 0.25) is 0 Å². The monoisotopic (exact) mass is 383 g/mol. The van der Waals surface area contributed by atoms with E-state index in [4.69, 9.17) is 14.2 Å². The van der Waals surface area contributed by atoms with Crippen LogP contribution in [0.15, 0.2) is 10.5 Å². The summed E-state index contributed by atoms with van der Waals surface area (Å²) in [5.41, 5.74) is 0.885. The molecular formula is C17H22BrNO4. The maximum absolute atomic E-state index is 12.5. The van der Waals surface area contributed by atoms with Gasteiger partial charge in [0.25, 0.3) is 0 Å². The zero-order valence-corrected chi connectivity index (χ0v) is 15.7. The molecule has 5 nitrogen and oxygen atoms in total. The van der Waals surface area contributed by atoms with Crippen LogP contribution < -0.4 is 9.47 Å². The van der Waals surface area contributed by atoms with Gasteiger partial charge in [-0.3, -0.25) is 4.79 Å². The van der Waals surface area contributed by atoms with E-state index in [1.54, 1.807) is 19.9 Å². The van der Waals surface area contributed by atoms with E-state index >= 15 is 0 Å². The Hall–Kier alpha value is -1.74. The molecule has 0 amide bonds. The highest BCUT2D eigenvalue weighted by Crippen LogP contribution is 2.43. The van der Waals surface area contributed by atoms with E-state index in [1.807, 2.05) is 6.92 Å². The van der Waals surface area contributed by atoms with Crippen LogP contribution in [0.3, 0.4) is 0 Å². The van der Waals surface area contributed by atoms with Gasteiger partial charge in [0.1, 0.15) is 11.6 Å². The van der Waals surface area contributed by atoms with E-state index in [0.29, 0.717) is 33.5 Å². The number of halogens is 1. The Morgan fingerprint density at radius 1 is 1.30 bits per heavy atom. The minimum Gasteiger partial charge on any atom is -0.492 e. The molecule has 0 radical (unpaired) electrons. The number of nitrogens with zero attached hydrogens (tertiary/aromatic N) is 1. The number of benzene rings is 1. The highest BCUT2D eigenvalue weighted by atomic mass is 79.9. The molecule has 6 heteroatoms. The summed E-state index contributed by atoms with van der Waals surface area (Å²) in [6.45, 7) is 5.59. The number of nitriles is 1. The normalized spacial score (nSPS) is 11.7. The molecule has 0 saturated heterocycles. The lowest BCUT2D eigenvalue weighted by molar-refractivity contribution is -0.149. The first-order chi connectivity index (χ1) is 10.9. The van der Waals surface area contributed by atoms with Gasteiger partial charge in [-0.2, -0.15) is 5.26 Å². The summed E-state index contributed by atoms with van der Waals surface area (Å²) in [5.74, 6) is -0.108. The average molecular weight is 384 g/mol. The van der Waals surface area contributed by atoms with Crippen LogP contribution in [0.1, 0.15) is 50.7 Å². The molecule has 0 aromatic heterocycles. The van der Waals surface area contributed by atoms with Crippen LogP contribution in [-0.2, 0) is 9.53 Å². The second-order valence-corrected chi connectivity index (χ2v) is 6.18. The van der Waals surface area contributed by atoms with Gasteiger partial charge in [-0.25, -0.2) is 0 Å². The molecule has 1 aromatic rings. The van der Waals surface area contributed by atoms with Crippen molar-refractivity contribution in [1.82, 2.24) is 0 Å². The van der Waals surface area contributed by atoms with Crippen LogP contribution in [0.25, 0.3) is 0 Å². The number of hydrogen-bond donors (Lipinski definition) is 0. The van der Waals surface area contributed by atoms with Crippen molar-refractivity contribution in [2.45, 2.75) is 45.6 Å². The molecule has 126 valence electrons. The topological polar surface area (TPSA) is 68.6 Å². The molecule has 1 unspecified atom stereocenters. The fourth-order valence-corrected chi connectivity index (χ4v) is 2.99. The summed E-state index contributed by atoms with van der Waals surface area (Å²) in [4.78, 5) is 12.5. The van der Waals surface area contributed by atoms with E-state index in [2.05, 4.69) is 22.0 Å². The molecule has 1 atom stereocenters. The van der Waals surface area contributed by atoms with Crippen LogP contribution >= 0.6 is 15.9 Å². The fraction of sp³-hybridized carbons (Fsp3) is 0.529. The number of carbonyl (C=O) groups is 1. The third-order valence-electron chi connectivity index (χ3n) is 3.33. The zero-order chi connectivity index (χ0) is 17.6. The van der Waals surface area contributed by atoms with E-state index in [-0.39, 0.29) is 12.1 Å². The summed E-state index contributed by atoms with van der Waals surface area (Å²) >= 11 is 3.42. The molecule has 1 aromatic carbocycles. The van der Waals surface area contributed by atoms with Crippen molar-refractivity contribution in [3.63, 3.8) is 0 Å². The Balaban J connectivity index is 3.51. The van der Waals surface area contributed by atoms with Crippen molar-refractivity contribution in [2.24, 2.45) is 0 Å². The largest absolute Gasteiger partial charge is 0.492 e. The summed E-state index contributed by atoms with van der Waals surface area (Å²) < 4.78 is 16.6. The smallest absolute Gasteiger partial charge is 0.313 e. The Morgan fingerprint density at radius 3 is 2.35 bits per heavy atom. The highest BCUT2D eigenvalue weighted by molar-refractivity contribution is 9.10. The molecule has 0 saturated carbocycles. The molecule has 0 aliphatic rings. The third kappa shape index (κ3) is 4.38. The summed E-state index contributed by atoms with van der Waals surface area (Å²) in [6, 6.07) is 3.87. The molecule has 0 N–H and O–H groups in total. The Bertz CT molecular complexity index is 608. The molecule has 0 bridgehead atoms. The molecule has 0 aliphatic heterocycles. The highest BCUT2D eigenvalue weighted by Gasteiger charge is 2.29. The first-order valence-corrected chi connectivity index (χ1v) is 8.25. The quantitative estimate of drug-likeness (QED) is 0.660. The van der Waals surface area contributed by atoms with Crippen LogP contribution in [-0.4, -0.2) is 26.3 Å². The second-order valence-electron chi connectivity index (χ2n) is 5.33. The van der Waals surface area contributed by atoms with Gasteiger partial charge in [0.2, 0.25) is 0 Å². The first kappa shape index (κ1) is 19.3. The standard InChI is InChI=1S/C17H22BrNO4/c1-6-7-11(17(20)23-10(2)3)12-8-14(18)16(22-5)15(21-4)13(12)9-19/h8,10-11H,6-7H2,1-5H3. The second kappa shape index (κ2) is 8.78. The number of hydrogen-bond acceptors (Lipinski definition) is 5. The average Bonchev–Trinajstić information content (AvgIpc) is 2.50. The van der Waals surface area contributed by atoms with Gasteiger partial charge in [-0.1, -0.05) is 13.3 Å². The van der Waals surface area contributed by atoms with Gasteiger partial charge in [0, 0.05) is 0 Å². The van der Waals surface area contributed by atoms with Crippen LogP contribution in [0, 0.1) is 11.3 Å². The van der Waals surface area contributed by atoms with Crippen LogP contribution in [0.5, 0.6) is 11.5 Å². The minimum atomic E-state index is -0.520. The molecule has 23 heavy (non-hydrogen) atoms. The van der Waals surface area contributed by atoms with Gasteiger partial charge in [0.15, 0.2) is 11.5 Å². The molecule has 0 spiro atoms. The Kier molecular flexibility index (Phi) is 7.37. The third-order valence-corrected chi connectivity index (χ3v) is 3.92. The summed E-state index contributed by atoms with van der Waals surface area (Å²) in [6.07, 6.45) is 1.16. The van der Waals surface area contributed by atoms with Gasteiger partial charge >= 0.3 is 5.97 Å². The van der Waals surface area contributed by atoms with E-state index in [1.165, 1.54) is 14.2 Å². The zero-order valence-electron chi connectivity index (χ0n) is 14.1. The summed E-state index contributed by atoms with van der Waals surface area (Å²) in [7, 11) is 2.97.